The van der Waals surface area contributed by atoms with Crippen molar-refractivity contribution in [3.8, 4) is 11.1 Å². The van der Waals surface area contributed by atoms with Crippen molar-refractivity contribution in [3.05, 3.63) is 113 Å². The highest BCUT2D eigenvalue weighted by atomic mass is 16.1. The van der Waals surface area contributed by atoms with Crippen LogP contribution in [0.25, 0.3) is 11.1 Å². The van der Waals surface area contributed by atoms with Crippen LogP contribution in [0.3, 0.4) is 0 Å². The van der Waals surface area contributed by atoms with Gasteiger partial charge in [0.25, 0.3) is 0 Å². The lowest BCUT2D eigenvalue weighted by Gasteiger charge is -2.27. The molecule has 4 aromatic rings. The van der Waals surface area contributed by atoms with Crippen molar-refractivity contribution in [3.63, 3.8) is 0 Å². The molecule has 154 valence electrons. The highest BCUT2D eigenvalue weighted by Gasteiger charge is 2.17. The maximum Gasteiger partial charge on any atom is 0.150 e. The van der Waals surface area contributed by atoms with E-state index < -0.39 is 0 Å². The van der Waals surface area contributed by atoms with E-state index in [0.29, 0.717) is 0 Å². The summed E-state index contributed by atoms with van der Waals surface area (Å²) < 4.78 is 0. The van der Waals surface area contributed by atoms with Gasteiger partial charge in [0.15, 0.2) is 0 Å². The van der Waals surface area contributed by atoms with Gasteiger partial charge in [0.05, 0.1) is 0 Å². The van der Waals surface area contributed by atoms with Gasteiger partial charge in [0, 0.05) is 22.6 Å². The van der Waals surface area contributed by atoms with Crippen LogP contribution in [0.1, 0.15) is 32.6 Å². The van der Waals surface area contributed by atoms with Gasteiger partial charge in [-0.25, -0.2) is 0 Å². The smallest absolute Gasteiger partial charge is 0.150 e. The molecule has 0 spiro atoms. The number of anilines is 3. The third-order valence-electron chi connectivity index (χ3n) is 5.75. The Morgan fingerprint density at radius 1 is 0.548 bits per heavy atom. The van der Waals surface area contributed by atoms with Gasteiger partial charge in [-0.2, -0.15) is 0 Å². The molecular formula is C29H27NO. The zero-order valence-electron chi connectivity index (χ0n) is 18.5. The predicted molar refractivity (Wildman–Crippen MR) is 131 cm³/mol. The largest absolute Gasteiger partial charge is 0.310 e. The average molecular weight is 406 g/mol. The first-order valence-corrected chi connectivity index (χ1v) is 10.6. The van der Waals surface area contributed by atoms with E-state index in [1.54, 1.807) is 0 Å². The monoisotopic (exact) mass is 405 g/mol. The van der Waals surface area contributed by atoms with Gasteiger partial charge in [-0.05, 0) is 110 Å². The van der Waals surface area contributed by atoms with Gasteiger partial charge in [-0.3, -0.25) is 4.79 Å². The van der Waals surface area contributed by atoms with E-state index in [4.69, 9.17) is 0 Å². The Labute approximate surface area is 184 Å². The number of nitrogens with zero attached hydrogens (tertiary/aromatic N) is 1. The Morgan fingerprint density at radius 2 is 0.935 bits per heavy atom. The Balaban J connectivity index is 1.89. The number of benzene rings is 4. The normalized spacial score (nSPS) is 10.7. The van der Waals surface area contributed by atoms with Crippen LogP contribution in [0.4, 0.5) is 17.1 Å². The van der Waals surface area contributed by atoms with Crippen LogP contribution in [-0.4, -0.2) is 6.29 Å². The van der Waals surface area contributed by atoms with E-state index >= 15 is 0 Å². The van der Waals surface area contributed by atoms with Crippen LogP contribution >= 0.6 is 0 Å². The summed E-state index contributed by atoms with van der Waals surface area (Å²) in [6.07, 6.45) is 0.921. The molecule has 4 rings (SSSR count). The molecule has 0 fully saturated rings. The summed E-state index contributed by atoms with van der Waals surface area (Å²) in [4.78, 5) is 13.6. The first kappa shape index (κ1) is 20.6. The first-order valence-electron chi connectivity index (χ1n) is 10.6. The molecule has 0 aromatic heterocycles. The lowest BCUT2D eigenvalue weighted by molar-refractivity contribution is 0.112. The molecule has 0 saturated carbocycles. The molecule has 0 aliphatic heterocycles. The van der Waals surface area contributed by atoms with Gasteiger partial charge < -0.3 is 4.90 Å². The Bertz CT molecular complexity index is 1140. The Kier molecular flexibility index (Phi) is 5.73. The third-order valence-corrected chi connectivity index (χ3v) is 5.75. The van der Waals surface area contributed by atoms with E-state index in [9.17, 15) is 4.79 Å². The molecule has 4 aromatic carbocycles. The molecule has 0 atom stereocenters. The van der Waals surface area contributed by atoms with Gasteiger partial charge >= 0.3 is 0 Å². The maximum atomic E-state index is 11.3. The zero-order valence-corrected chi connectivity index (χ0v) is 18.5. The number of hydrogen-bond acceptors (Lipinski definition) is 2. The number of aldehydes is 1. The molecule has 2 heteroatoms. The lowest BCUT2D eigenvalue weighted by Crippen LogP contribution is -2.10. The second-order valence-electron chi connectivity index (χ2n) is 8.11. The van der Waals surface area contributed by atoms with E-state index in [2.05, 4.69) is 93.3 Å². The Morgan fingerprint density at radius 3 is 1.32 bits per heavy atom. The minimum Gasteiger partial charge on any atom is -0.310 e. The van der Waals surface area contributed by atoms with Gasteiger partial charge in [-0.15, -0.1) is 0 Å². The SMILES string of the molecule is Cc1cc(C=O)cc(C)c1-c1c(C)cc(N(c2ccccc2)c2ccccc2)cc1C. The van der Waals surface area contributed by atoms with Crippen molar-refractivity contribution in [1.82, 2.24) is 0 Å². The highest BCUT2D eigenvalue weighted by Crippen LogP contribution is 2.40. The molecule has 0 bridgehead atoms. The van der Waals surface area contributed by atoms with Gasteiger partial charge in [0.1, 0.15) is 6.29 Å². The zero-order chi connectivity index (χ0) is 22.0. The number of rotatable bonds is 5. The molecule has 31 heavy (non-hydrogen) atoms. The van der Waals surface area contributed by atoms with Crippen molar-refractivity contribution in [1.29, 1.82) is 0 Å². The molecule has 0 aliphatic rings. The second-order valence-corrected chi connectivity index (χ2v) is 8.11. The second kappa shape index (κ2) is 8.61. The summed E-state index contributed by atoms with van der Waals surface area (Å²) >= 11 is 0. The van der Waals surface area contributed by atoms with E-state index in [1.165, 1.54) is 22.3 Å². The number of aryl methyl sites for hydroxylation is 4. The van der Waals surface area contributed by atoms with Crippen molar-refractivity contribution in [2.24, 2.45) is 0 Å². The van der Waals surface area contributed by atoms with Crippen LogP contribution in [-0.2, 0) is 0 Å². The molecule has 2 nitrogen and oxygen atoms in total. The van der Waals surface area contributed by atoms with Crippen molar-refractivity contribution in [2.75, 3.05) is 4.90 Å². The van der Waals surface area contributed by atoms with Crippen molar-refractivity contribution < 1.29 is 4.79 Å². The molecule has 0 radical (unpaired) electrons. The molecule has 0 unspecified atom stereocenters. The summed E-state index contributed by atoms with van der Waals surface area (Å²) in [5, 5.41) is 0. The van der Waals surface area contributed by atoms with Gasteiger partial charge in [0.2, 0.25) is 0 Å². The lowest BCUT2D eigenvalue weighted by atomic mass is 9.88. The Hall–Kier alpha value is -3.65. The topological polar surface area (TPSA) is 20.3 Å². The molecule has 0 amide bonds. The molecular weight excluding hydrogens is 378 g/mol. The fourth-order valence-corrected chi connectivity index (χ4v) is 4.52. The summed E-state index contributed by atoms with van der Waals surface area (Å²) in [6, 6.07) is 29.4. The molecule has 0 heterocycles. The minimum atomic E-state index is 0.727. The fourth-order valence-electron chi connectivity index (χ4n) is 4.52. The number of carbonyl (C=O) groups excluding carboxylic acids is 1. The van der Waals surface area contributed by atoms with Crippen LogP contribution in [0, 0.1) is 27.7 Å². The van der Waals surface area contributed by atoms with Crippen LogP contribution in [0.2, 0.25) is 0 Å². The minimum absolute atomic E-state index is 0.727. The van der Waals surface area contributed by atoms with E-state index in [-0.39, 0.29) is 0 Å². The summed E-state index contributed by atoms with van der Waals surface area (Å²) in [7, 11) is 0. The van der Waals surface area contributed by atoms with Crippen LogP contribution in [0.15, 0.2) is 84.9 Å². The van der Waals surface area contributed by atoms with Crippen LogP contribution < -0.4 is 4.90 Å². The summed E-state index contributed by atoms with van der Waals surface area (Å²) in [5.74, 6) is 0. The van der Waals surface area contributed by atoms with Crippen molar-refractivity contribution >= 4 is 23.3 Å². The molecule has 0 aliphatic carbocycles. The number of para-hydroxylation sites is 2. The maximum absolute atomic E-state index is 11.3. The third kappa shape index (κ3) is 4.02. The highest BCUT2D eigenvalue weighted by molar-refractivity contribution is 5.85. The predicted octanol–water partition coefficient (Wildman–Crippen LogP) is 7.87. The number of carbonyl (C=O) groups is 1. The summed E-state index contributed by atoms with van der Waals surface area (Å²) in [6.45, 7) is 8.52. The standard InChI is InChI=1S/C29H27NO/c1-20-15-24(19-31)16-21(2)28(20)29-22(3)17-27(18-23(29)4)30(25-11-7-5-8-12-25)26-13-9-6-10-14-26/h5-19H,1-4H3. The number of hydrogen-bond donors (Lipinski definition) is 0. The molecule has 0 saturated heterocycles. The summed E-state index contributed by atoms with van der Waals surface area (Å²) in [5.41, 5.74) is 11.3. The van der Waals surface area contributed by atoms with Crippen LogP contribution in [0.5, 0.6) is 0 Å². The van der Waals surface area contributed by atoms with Gasteiger partial charge in [-0.1, -0.05) is 36.4 Å². The average Bonchev–Trinajstić information content (AvgIpc) is 2.76. The quantitative estimate of drug-likeness (QED) is 0.315. The first-order chi connectivity index (χ1) is 15.0. The van der Waals surface area contributed by atoms with E-state index in [0.717, 1.165) is 40.0 Å². The molecule has 0 N–H and O–H groups in total. The fraction of sp³-hybridized carbons (Fsp3) is 0.138. The van der Waals surface area contributed by atoms with E-state index in [1.807, 2.05) is 24.3 Å². The van der Waals surface area contributed by atoms with Crippen molar-refractivity contribution in [2.45, 2.75) is 27.7 Å².